The molecule has 14 heavy (non-hydrogen) atoms. The van der Waals surface area contributed by atoms with E-state index in [4.69, 9.17) is 5.73 Å². The minimum atomic E-state index is -0.499. The lowest BCUT2D eigenvalue weighted by atomic mass is 10.2. The fourth-order valence-electron chi connectivity index (χ4n) is 1.30. The summed E-state index contributed by atoms with van der Waals surface area (Å²) in [6.45, 7) is 2.53. The summed E-state index contributed by atoms with van der Waals surface area (Å²) in [6.07, 6.45) is 4.21. The van der Waals surface area contributed by atoms with Gasteiger partial charge in [0.15, 0.2) is 0 Å². The molecule has 5 nitrogen and oxygen atoms in total. The average Bonchev–Trinajstić information content (AvgIpc) is 2.81. The normalized spacial score (nSPS) is 18.1. The maximum absolute atomic E-state index is 11.4. The van der Waals surface area contributed by atoms with Crippen molar-refractivity contribution in [2.24, 2.45) is 11.7 Å². The molecule has 1 aliphatic rings. The van der Waals surface area contributed by atoms with Crippen LogP contribution in [-0.2, 0) is 6.54 Å². The summed E-state index contributed by atoms with van der Waals surface area (Å²) in [5.74, 6) is 0.585. The summed E-state index contributed by atoms with van der Waals surface area (Å²) in [7, 11) is 0. The van der Waals surface area contributed by atoms with Crippen molar-refractivity contribution in [1.29, 1.82) is 0 Å². The van der Waals surface area contributed by atoms with Crippen molar-refractivity contribution in [3.63, 3.8) is 0 Å². The first-order chi connectivity index (χ1) is 6.66. The topological polar surface area (TPSA) is 73.8 Å². The molecule has 0 spiro atoms. The zero-order chi connectivity index (χ0) is 10.1. The van der Waals surface area contributed by atoms with Gasteiger partial charge in [0.2, 0.25) is 5.78 Å². The smallest absolute Gasteiger partial charge is 0.201 e. The van der Waals surface area contributed by atoms with E-state index in [2.05, 4.69) is 10.3 Å². The Labute approximate surface area is 82.3 Å². The first kappa shape index (κ1) is 9.33. The van der Waals surface area contributed by atoms with E-state index >= 15 is 0 Å². The molecule has 2 N–H and O–H groups in total. The highest BCUT2D eigenvalue weighted by Gasteiger charge is 2.23. The van der Waals surface area contributed by atoms with E-state index in [1.54, 1.807) is 17.8 Å². The third-order valence-electron chi connectivity index (χ3n) is 2.35. The van der Waals surface area contributed by atoms with E-state index in [1.165, 1.54) is 12.8 Å². The Hall–Kier alpha value is -1.23. The molecular formula is C9H14N4O. The van der Waals surface area contributed by atoms with Crippen LogP contribution in [0.3, 0.4) is 0 Å². The maximum atomic E-state index is 11.4. The number of carbonyl (C=O) groups excluding carboxylic acids is 1. The number of hydrogen-bond donors (Lipinski definition) is 1. The number of ketones is 1. The molecule has 1 aliphatic carbocycles. The van der Waals surface area contributed by atoms with Crippen molar-refractivity contribution in [2.75, 3.05) is 0 Å². The summed E-state index contributed by atoms with van der Waals surface area (Å²) >= 11 is 0. The van der Waals surface area contributed by atoms with Crippen molar-refractivity contribution in [1.82, 2.24) is 15.0 Å². The van der Waals surface area contributed by atoms with Crippen molar-refractivity contribution in [3.8, 4) is 0 Å². The summed E-state index contributed by atoms with van der Waals surface area (Å²) in [5.41, 5.74) is 5.84. The second kappa shape index (κ2) is 3.49. The Morgan fingerprint density at radius 3 is 3.07 bits per heavy atom. The predicted molar refractivity (Wildman–Crippen MR) is 50.7 cm³/mol. The van der Waals surface area contributed by atoms with Crippen LogP contribution in [-0.4, -0.2) is 26.8 Å². The molecule has 0 radical (unpaired) electrons. The molecule has 1 fully saturated rings. The van der Waals surface area contributed by atoms with Crippen molar-refractivity contribution in [2.45, 2.75) is 32.4 Å². The van der Waals surface area contributed by atoms with E-state index < -0.39 is 6.04 Å². The summed E-state index contributed by atoms with van der Waals surface area (Å²) in [6, 6.07) is -0.499. The molecule has 1 saturated carbocycles. The number of rotatable bonds is 4. The number of aromatic nitrogens is 3. The number of hydrogen-bond acceptors (Lipinski definition) is 4. The molecule has 0 aromatic carbocycles. The van der Waals surface area contributed by atoms with Crippen LogP contribution in [0.15, 0.2) is 6.20 Å². The molecular weight excluding hydrogens is 180 g/mol. The average molecular weight is 194 g/mol. The standard InChI is InChI=1S/C9H14N4O/c1-6(10)9(14)8-5-13(12-11-8)4-7-2-3-7/h5-7H,2-4,10H2,1H3. The molecule has 0 saturated heterocycles. The van der Waals surface area contributed by atoms with Crippen LogP contribution in [0.1, 0.15) is 30.3 Å². The number of nitrogens with zero attached hydrogens (tertiary/aromatic N) is 3. The molecule has 2 rings (SSSR count). The molecule has 1 heterocycles. The second-order valence-electron chi connectivity index (χ2n) is 3.92. The van der Waals surface area contributed by atoms with Gasteiger partial charge in [-0.2, -0.15) is 0 Å². The van der Waals surface area contributed by atoms with Crippen molar-refractivity contribution < 1.29 is 4.79 Å². The SMILES string of the molecule is CC(N)C(=O)c1cn(CC2CC2)nn1. The molecule has 0 bridgehead atoms. The Kier molecular flexibility index (Phi) is 2.33. The highest BCUT2D eigenvalue weighted by atomic mass is 16.1. The van der Waals surface area contributed by atoms with Gasteiger partial charge in [0, 0.05) is 6.54 Å². The largest absolute Gasteiger partial charge is 0.321 e. The summed E-state index contributed by atoms with van der Waals surface area (Å²) < 4.78 is 1.73. The number of nitrogens with two attached hydrogens (primary N) is 1. The van der Waals surface area contributed by atoms with E-state index in [0.717, 1.165) is 12.5 Å². The molecule has 0 aliphatic heterocycles. The van der Waals surface area contributed by atoms with Gasteiger partial charge >= 0.3 is 0 Å². The minimum absolute atomic E-state index is 0.146. The third-order valence-corrected chi connectivity index (χ3v) is 2.35. The lowest BCUT2D eigenvalue weighted by Gasteiger charge is -1.98. The van der Waals surface area contributed by atoms with Crippen LogP contribution >= 0.6 is 0 Å². The lowest BCUT2D eigenvalue weighted by Crippen LogP contribution is -2.26. The summed E-state index contributed by atoms with van der Waals surface area (Å²) in [5, 5.41) is 7.69. The maximum Gasteiger partial charge on any atom is 0.201 e. The number of carbonyl (C=O) groups is 1. The zero-order valence-electron chi connectivity index (χ0n) is 8.18. The molecule has 0 amide bonds. The third kappa shape index (κ3) is 1.98. The van der Waals surface area contributed by atoms with E-state index in [1.807, 2.05) is 0 Å². The van der Waals surface area contributed by atoms with Gasteiger partial charge < -0.3 is 5.73 Å². The van der Waals surface area contributed by atoms with E-state index in [0.29, 0.717) is 5.69 Å². The Morgan fingerprint density at radius 2 is 2.50 bits per heavy atom. The van der Waals surface area contributed by atoms with Gasteiger partial charge in [-0.15, -0.1) is 5.10 Å². The van der Waals surface area contributed by atoms with Crippen LogP contribution in [0, 0.1) is 5.92 Å². The first-order valence-corrected chi connectivity index (χ1v) is 4.86. The molecule has 76 valence electrons. The zero-order valence-corrected chi connectivity index (χ0v) is 8.18. The Balaban J connectivity index is 2.04. The fraction of sp³-hybridized carbons (Fsp3) is 0.667. The van der Waals surface area contributed by atoms with Crippen LogP contribution in [0.5, 0.6) is 0 Å². The quantitative estimate of drug-likeness (QED) is 0.696. The fourth-order valence-corrected chi connectivity index (χ4v) is 1.30. The van der Waals surface area contributed by atoms with Crippen LogP contribution in [0.2, 0.25) is 0 Å². The summed E-state index contributed by atoms with van der Waals surface area (Å²) in [4.78, 5) is 11.4. The van der Waals surface area contributed by atoms with Gasteiger partial charge in [-0.1, -0.05) is 5.21 Å². The van der Waals surface area contributed by atoms with Crippen LogP contribution in [0.25, 0.3) is 0 Å². The van der Waals surface area contributed by atoms with Gasteiger partial charge in [-0.3, -0.25) is 9.48 Å². The molecule has 1 aromatic rings. The lowest BCUT2D eigenvalue weighted by molar-refractivity contribution is 0.0963. The van der Waals surface area contributed by atoms with Gasteiger partial charge in [-0.25, -0.2) is 0 Å². The molecule has 1 atom stereocenters. The van der Waals surface area contributed by atoms with Crippen molar-refractivity contribution in [3.05, 3.63) is 11.9 Å². The minimum Gasteiger partial charge on any atom is -0.321 e. The van der Waals surface area contributed by atoms with Gasteiger partial charge in [-0.05, 0) is 25.7 Å². The van der Waals surface area contributed by atoms with Gasteiger partial charge in [0.25, 0.3) is 0 Å². The highest BCUT2D eigenvalue weighted by molar-refractivity contribution is 5.97. The van der Waals surface area contributed by atoms with E-state index in [9.17, 15) is 4.79 Å². The van der Waals surface area contributed by atoms with E-state index in [-0.39, 0.29) is 5.78 Å². The number of Topliss-reactive ketones (excluding diaryl/α,β-unsaturated/α-hetero) is 1. The van der Waals surface area contributed by atoms with Gasteiger partial charge in [0.05, 0.1) is 12.2 Å². The Morgan fingerprint density at radius 1 is 1.79 bits per heavy atom. The predicted octanol–water partition coefficient (Wildman–Crippen LogP) is 0.218. The second-order valence-corrected chi connectivity index (χ2v) is 3.92. The first-order valence-electron chi connectivity index (χ1n) is 4.86. The highest BCUT2D eigenvalue weighted by Crippen LogP contribution is 2.30. The van der Waals surface area contributed by atoms with Crippen LogP contribution < -0.4 is 5.73 Å². The molecule has 1 aromatic heterocycles. The Bertz CT molecular complexity index is 340. The molecule has 1 unspecified atom stereocenters. The van der Waals surface area contributed by atoms with Crippen LogP contribution in [0.4, 0.5) is 0 Å². The monoisotopic (exact) mass is 194 g/mol. The van der Waals surface area contributed by atoms with Crippen molar-refractivity contribution >= 4 is 5.78 Å². The van der Waals surface area contributed by atoms with Gasteiger partial charge in [0.1, 0.15) is 5.69 Å². The molecule has 5 heteroatoms.